The monoisotopic (exact) mass is 491 g/mol. The predicted octanol–water partition coefficient (Wildman–Crippen LogP) is 3.57. The molecule has 2 atom stereocenters. The van der Waals surface area contributed by atoms with Gasteiger partial charge in [-0.05, 0) is 70.9 Å². The van der Waals surface area contributed by atoms with Crippen molar-refractivity contribution < 1.29 is 22.7 Å². The number of nitrogens with zero attached hydrogens (tertiary/aromatic N) is 2. The number of halogens is 1. The van der Waals surface area contributed by atoms with Gasteiger partial charge in [0.15, 0.2) is 0 Å². The molecule has 186 valence electrons. The summed E-state index contributed by atoms with van der Waals surface area (Å²) < 4.78 is 49.3. The quantitative estimate of drug-likeness (QED) is 0.560. The first-order valence-corrected chi connectivity index (χ1v) is 13.0. The highest BCUT2D eigenvalue weighted by Gasteiger charge is 2.48. The van der Waals surface area contributed by atoms with E-state index in [-0.39, 0.29) is 24.6 Å². The van der Waals surface area contributed by atoms with E-state index in [1.54, 1.807) is 32.0 Å². The molecule has 0 bridgehead atoms. The van der Waals surface area contributed by atoms with Crippen LogP contribution in [0.3, 0.4) is 0 Å². The average molecular weight is 492 g/mol. The number of benzene rings is 2. The van der Waals surface area contributed by atoms with Crippen molar-refractivity contribution in [3.8, 4) is 0 Å². The van der Waals surface area contributed by atoms with Crippen LogP contribution < -0.4 is 4.72 Å². The van der Waals surface area contributed by atoms with E-state index in [1.807, 2.05) is 38.4 Å². The van der Waals surface area contributed by atoms with E-state index in [1.165, 1.54) is 6.07 Å². The van der Waals surface area contributed by atoms with E-state index in [0.29, 0.717) is 5.56 Å². The molecular weight excluding hydrogens is 457 g/mol. The maximum absolute atomic E-state index is 14.3. The highest BCUT2D eigenvalue weighted by atomic mass is 32.2. The van der Waals surface area contributed by atoms with Crippen LogP contribution in [0, 0.1) is 5.82 Å². The Morgan fingerprint density at radius 2 is 1.85 bits per heavy atom. The molecule has 0 radical (unpaired) electrons. The first kappa shape index (κ1) is 26.1. The Kier molecular flexibility index (Phi) is 8.33. The summed E-state index contributed by atoms with van der Waals surface area (Å²) in [5.74, 6) is -0.480. The third-order valence-electron chi connectivity index (χ3n) is 5.82. The summed E-state index contributed by atoms with van der Waals surface area (Å²) in [7, 11) is 0.172. The van der Waals surface area contributed by atoms with Crippen LogP contribution in [-0.2, 0) is 21.2 Å². The van der Waals surface area contributed by atoms with Crippen molar-refractivity contribution in [3.63, 3.8) is 0 Å². The van der Waals surface area contributed by atoms with Gasteiger partial charge in [0.1, 0.15) is 16.7 Å². The number of aliphatic imine (C=N–C) groups is 1. The molecule has 1 fully saturated rings. The Labute approximate surface area is 201 Å². The lowest BCUT2D eigenvalue weighted by atomic mass is 9.96. The number of aliphatic hydroxyl groups excluding tert-OH is 1. The second-order valence-electron chi connectivity index (χ2n) is 9.36. The van der Waals surface area contributed by atoms with E-state index in [0.717, 1.165) is 24.9 Å². The number of ether oxygens (including phenoxy) is 1. The Morgan fingerprint density at radius 3 is 2.44 bits per heavy atom. The van der Waals surface area contributed by atoms with E-state index in [9.17, 15) is 17.9 Å². The number of sulfonamides is 1. The molecule has 7 nitrogen and oxygen atoms in total. The number of hydrogen-bond acceptors (Lipinski definition) is 6. The van der Waals surface area contributed by atoms with Crippen molar-refractivity contribution >= 4 is 16.0 Å². The van der Waals surface area contributed by atoms with Crippen molar-refractivity contribution in [3.05, 3.63) is 71.0 Å². The largest absolute Gasteiger partial charge is 0.457 e. The van der Waals surface area contributed by atoms with E-state index < -0.39 is 32.7 Å². The molecule has 2 aromatic rings. The topological polar surface area (TPSA) is 91.2 Å². The van der Waals surface area contributed by atoms with Crippen LogP contribution in [0.15, 0.2) is 53.5 Å². The maximum atomic E-state index is 14.3. The van der Waals surface area contributed by atoms with Gasteiger partial charge in [0, 0.05) is 12.2 Å². The molecule has 2 N–H and O–H groups in total. The molecule has 2 aromatic carbocycles. The number of aryl methyl sites for hydroxylation is 1. The Hall–Kier alpha value is -2.49. The third kappa shape index (κ3) is 6.34. The van der Waals surface area contributed by atoms with Crippen LogP contribution in [0.1, 0.15) is 54.7 Å². The lowest BCUT2D eigenvalue weighted by Crippen LogP contribution is -2.53. The highest BCUT2D eigenvalue weighted by Crippen LogP contribution is 2.39. The maximum Gasteiger partial charge on any atom is 0.299 e. The molecular formula is C25H34FN3O4S. The number of rotatable bonds is 9. The number of amidine groups is 1. The average Bonchev–Trinajstić information content (AvgIpc) is 2.73. The van der Waals surface area contributed by atoms with Crippen molar-refractivity contribution in [2.45, 2.75) is 50.0 Å². The van der Waals surface area contributed by atoms with Crippen LogP contribution in [-0.4, -0.2) is 57.3 Å². The zero-order chi connectivity index (χ0) is 24.9. The van der Waals surface area contributed by atoms with Gasteiger partial charge in [0.05, 0.1) is 6.04 Å². The second-order valence-corrected chi connectivity index (χ2v) is 11.1. The first-order chi connectivity index (χ1) is 16.0. The van der Waals surface area contributed by atoms with E-state index in [2.05, 4.69) is 14.6 Å². The molecule has 1 aliphatic rings. The van der Waals surface area contributed by atoms with Crippen LogP contribution >= 0.6 is 0 Å². The third-order valence-corrected chi connectivity index (χ3v) is 7.74. The Morgan fingerprint density at radius 1 is 1.18 bits per heavy atom. The zero-order valence-corrected chi connectivity index (χ0v) is 21.0. The molecule has 0 saturated carbocycles. The fraction of sp³-hybridized carbons (Fsp3) is 0.480. The zero-order valence-electron chi connectivity index (χ0n) is 20.2. The first-order valence-electron chi connectivity index (χ1n) is 11.4. The Bertz CT molecular complexity index is 1100. The molecule has 0 aliphatic carbocycles. The number of nitrogens with one attached hydrogen (secondary N) is 1. The number of hydrogen-bond donors (Lipinski definition) is 2. The predicted molar refractivity (Wildman–Crippen MR) is 132 cm³/mol. The van der Waals surface area contributed by atoms with Gasteiger partial charge in [0.2, 0.25) is 10.0 Å². The molecule has 0 amide bonds. The lowest BCUT2D eigenvalue weighted by molar-refractivity contribution is 0.0758. The lowest BCUT2D eigenvalue weighted by Gasteiger charge is -2.39. The summed E-state index contributed by atoms with van der Waals surface area (Å²) in [6, 6.07) is 12.7. The molecule has 0 aromatic heterocycles. The van der Waals surface area contributed by atoms with Crippen molar-refractivity contribution in [2.24, 2.45) is 4.99 Å². The van der Waals surface area contributed by atoms with E-state index >= 15 is 0 Å². The normalized spacial score (nSPS) is 21.1. The summed E-state index contributed by atoms with van der Waals surface area (Å²) in [5.41, 5.74) is 0.893. The van der Waals surface area contributed by atoms with Gasteiger partial charge in [0.25, 0.3) is 6.02 Å². The van der Waals surface area contributed by atoms with Crippen LogP contribution in [0.5, 0.6) is 0 Å². The van der Waals surface area contributed by atoms with Crippen molar-refractivity contribution in [2.75, 3.05) is 27.2 Å². The van der Waals surface area contributed by atoms with Gasteiger partial charge in [-0.1, -0.05) is 42.5 Å². The Balaban J connectivity index is 1.84. The molecule has 0 spiro atoms. The minimum Gasteiger partial charge on any atom is -0.457 e. The second kappa shape index (κ2) is 10.8. The van der Waals surface area contributed by atoms with Gasteiger partial charge in [-0.3, -0.25) is 0 Å². The summed E-state index contributed by atoms with van der Waals surface area (Å²) in [6.45, 7) is 4.13. The molecule has 1 saturated heterocycles. The summed E-state index contributed by atoms with van der Waals surface area (Å²) in [4.78, 5) is 6.47. The van der Waals surface area contributed by atoms with Crippen LogP contribution in [0.2, 0.25) is 0 Å². The van der Waals surface area contributed by atoms with Gasteiger partial charge in [-0.15, -0.1) is 0 Å². The summed E-state index contributed by atoms with van der Waals surface area (Å²) >= 11 is 0. The van der Waals surface area contributed by atoms with Crippen LogP contribution in [0.25, 0.3) is 0 Å². The molecule has 9 heteroatoms. The molecule has 34 heavy (non-hydrogen) atoms. The van der Waals surface area contributed by atoms with Gasteiger partial charge >= 0.3 is 0 Å². The fourth-order valence-corrected chi connectivity index (χ4v) is 6.03. The highest BCUT2D eigenvalue weighted by molar-refractivity contribution is 7.90. The van der Waals surface area contributed by atoms with Gasteiger partial charge < -0.3 is 14.7 Å². The van der Waals surface area contributed by atoms with E-state index in [4.69, 9.17) is 4.74 Å². The molecule has 1 aliphatic heterocycles. The molecule has 3 rings (SSSR count). The summed E-state index contributed by atoms with van der Waals surface area (Å²) in [5, 5.41) is 8.49. The smallest absolute Gasteiger partial charge is 0.299 e. The van der Waals surface area contributed by atoms with Gasteiger partial charge in [-0.25, -0.2) is 22.5 Å². The fourth-order valence-electron chi connectivity index (χ4n) is 4.27. The molecule has 2 unspecified atom stereocenters. The standard InChI is InChI=1S/C25H34FN3O4S/c1-25(2)23(19-13-11-18(12-14-19)8-7-16-29(3)4)34(31,32)28-24(33-25)27-22(15-17-30)20-9-5-6-10-21(20)26/h5-6,9-14,22-23,30H,7-8,15-17H2,1-4H3,(H,27,28). The summed E-state index contributed by atoms with van der Waals surface area (Å²) in [6.07, 6.45) is 2.04. The number of aliphatic hydroxyl groups is 1. The van der Waals surface area contributed by atoms with Crippen LogP contribution in [0.4, 0.5) is 4.39 Å². The SMILES string of the molecule is CN(C)CCCc1ccc(C2C(C)(C)OC(=NC(CCO)c3ccccc3F)NS2(=O)=O)cc1. The minimum atomic E-state index is -3.90. The minimum absolute atomic E-state index is 0.120. The van der Waals surface area contributed by atoms with Crippen molar-refractivity contribution in [1.29, 1.82) is 0 Å². The van der Waals surface area contributed by atoms with Gasteiger partial charge in [-0.2, -0.15) is 0 Å². The van der Waals surface area contributed by atoms with Crippen molar-refractivity contribution in [1.82, 2.24) is 9.62 Å². The molecule has 1 heterocycles.